The van der Waals surface area contributed by atoms with Crippen molar-refractivity contribution >= 4 is 11.9 Å². The molecule has 0 spiro atoms. The Morgan fingerprint density at radius 1 is 1.57 bits per heavy atom. The van der Waals surface area contributed by atoms with Crippen molar-refractivity contribution in [3.63, 3.8) is 0 Å². The Morgan fingerprint density at radius 2 is 2.38 bits per heavy atom. The molecule has 2 unspecified atom stereocenters. The Morgan fingerprint density at radius 3 is 3.10 bits per heavy atom. The number of rotatable bonds is 6. The van der Waals surface area contributed by atoms with Crippen molar-refractivity contribution in [3.8, 4) is 5.88 Å². The summed E-state index contributed by atoms with van der Waals surface area (Å²) in [5.41, 5.74) is -0.776. The number of hydrogen-bond acceptors (Lipinski definition) is 5. The first-order valence-electron chi connectivity index (χ1n) is 7.52. The molecular formula is C15H23N3O3. The van der Waals surface area contributed by atoms with Crippen LogP contribution in [0.5, 0.6) is 5.88 Å². The second-order valence-electron chi connectivity index (χ2n) is 5.73. The summed E-state index contributed by atoms with van der Waals surface area (Å²) in [5.74, 6) is 0.184. The molecule has 6 heteroatoms. The van der Waals surface area contributed by atoms with Crippen molar-refractivity contribution in [1.29, 1.82) is 0 Å². The van der Waals surface area contributed by atoms with Crippen LogP contribution in [0.4, 0.5) is 5.95 Å². The molecular weight excluding hydrogens is 270 g/mol. The molecule has 0 radical (unpaired) electrons. The number of carbonyl (C=O) groups is 1. The predicted molar refractivity (Wildman–Crippen MR) is 79.4 cm³/mol. The lowest BCUT2D eigenvalue weighted by Crippen LogP contribution is -2.46. The smallest absolute Gasteiger partial charge is 0.311 e. The van der Waals surface area contributed by atoms with Crippen LogP contribution >= 0.6 is 0 Å². The van der Waals surface area contributed by atoms with E-state index in [4.69, 9.17) is 4.74 Å². The topological polar surface area (TPSA) is 84.3 Å². The molecule has 0 aliphatic heterocycles. The molecule has 1 aliphatic rings. The predicted octanol–water partition coefficient (Wildman–Crippen LogP) is 2.71. The zero-order valence-corrected chi connectivity index (χ0v) is 12.6. The van der Waals surface area contributed by atoms with E-state index in [2.05, 4.69) is 15.3 Å². The van der Waals surface area contributed by atoms with E-state index < -0.39 is 11.4 Å². The fourth-order valence-corrected chi connectivity index (χ4v) is 2.68. The largest absolute Gasteiger partial charge is 0.481 e. The molecule has 1 aromatic heterocycles. The van der Waals surface area contributed by atoms with E-state index in [1.807, 2.05) is 6.92 Å². The van der Waals surface area contributed by atoms with Crippen LogP contribution in [-0.2, 0) is 4.79 Å². The molecule has 2 atom stereocenters. The molecule has 2 N–H and O–H groups in total. The van der Waals surface area contributed by atoms with E-state index in [1.165, 1.54) is 0 Å². The normalized spacial score (nSPS) is 25.3. The minimum absolute atomic E-state index is 0.162. The van der Waals surface area contributed by atoms with Gasteiger partial charge in [0.05, 0.1) is 12.0 Å². The van der Waals surface area contributed by atoms with E-state index in [0.717, 1.165) is 25.7 Å². The molecule has 1 aliphatic carbocycles. The SMILES string of the molecule is CCCOc1ccnc(NC2CCCCC2(C)C(=O)O)n1. The Kier molecular flexibility index (Phi) is 4.98. The van der Waals surface area contributed by atoms with E-state index in [-0.39, 0.29) is 6.04 Å². The van der Waals surface area contributed by atoms with Gasteiger partial charge in [0.2, 0.25) is 11.8 Å². The van der Waals surface area contributed by atoms with Crippen LogP contribution in [0.3, 0.4) is 0 Å². The van der Waals surface area contributed by atoms with Gasteiger partial charge in [0, 0.05) is 18.3 Å². The molecule has 1 fully saturated rings. The van der Waals surface area contributed by atoms with Crippen molar-refractivity contribution in [3.05, 3.63) is 12.3 Å². The molecule has 1 heterocycles. The highest BCUT2D eigenvalue weighted by molar-refractivity contribution is 5.76. The molecule has 0 amide bonds. The highest BCUT2D eigenvalue weighted by atomic mass is 16.5. The molecule has 21 heavy (non-hydrogen) atoms. The fourth-order valence-electron chi connectivity index (χ4n) is 2.68. The van der Waals surface area contributed by atoms with Gasteiger partial charge in [0.25, 0.3) is 0 Å². The first-order chi connectivity index (χ1) is 10.1. The summed E-state index contributed by atoms with van der Waals surface area (Å²) in [6.07, 6.45) is 5.99. The highest BCUT2D eigenvalue weighted by Crippen LogP contribution is 2.37. The molecule has 0 saturated heterocycles. The number of carboxylic acids is 1. The summed E-state index contributed by atoms with van der Waals surface area (Å²) in [4.78, 5) is 20.0. The number of aromatic nitrogens is 2. The van der Waals surface area contributed by atoms with Gasteiger partial charge in [0.15, 0.2) is 0 Å². The first-order valence-corrected chi connectivity index (χ1v) is 7.52. The molecule has 0 bridgehead atoms. The maximum absolute atomic E-state index is 11.6. The number of nitrogens with one attached hydrogen (secondary N) is 1. The fraction of sp³-hybridized carbons (Fsp3) is 0.667. The van der Waals surface area contributed by atoms with E-state index >= 15 is 0 Å². The number of carboxylic acid groups (broad SMARTS) is 1. The minimum Gasteiger partial charge on any atom is -0.481 e. The van der Waals surface area contributed by atoms with Gasteiger partial charge in [-0.1, -0.05) is 19.8 Å². The van der Waals surface area contributed by atoms with E-state index in [9.17, 15) is 9.90 Å². The van der Waals surface area contributed by atoms with Crippen LogP contribution in [0.1, 0.15) is 46.0 Å². The van der Waals surface area contributed by atoms with Gasteiger partial charge >= 0.3 is 5.97 Å². The summed E-state index contributed by atoms with van der Waals surface area (Å²) in [6.45, 7) is 4.43. The Bertz CT molecular complexity index is 495. The van der Waals surface area contributed by atoms with Crippen molar-refractivity contribution in [2.24, 2.45) is 5.41 Å². The quantitative estimate of drug-likeness (QED) is 0.839. The van der Waals surface area contributed by atoms with Gasteiger partial charge in [-0.3, -0.25) is 4.79 Å². The second-order valence-corrected chi connectivity index (χ2v) is 5.73. The van der Waals surface area contributed by atoms with E-state index in [0.29, 0.717) is 24.9 Å². The molecule has 6 nitrogen and oxygen atoms in total. The number of nitrogens with zero attached hydrogens (tertiary/aromatic N) is 2. The van der Waals surface area contributed by atoms with Gasteiger partial charge < -0.3 is 15.2 Å². The highest BCUT2D eigenvalue weighted by Gasteiger charge is 2.43. The molecule has 1 aromatic rings. The van der Waals surface area contributed by atoms with Gasteiger partial charge in [-0.25, -0.2) is 4.98 Å². The second kappa shape index (κ2) is 6.74. The minimum atomic E-state index is -0.776. The zero-order chi connectivity index (χ0) is 15.3. The first kappa shape index (κ1) is 15.5. The van der Waals surface area contributed by atoms with Crippen LogP contribution in [0.15, 0.2) is 12.3 Å². The number of anilines is 1. The van der Waals surface area contributed by atoms with Crippen LogP contribution in [-0.4, -0.2) is 33.7 Å². The van der Waals surface area contributed by atoms with Gasteiger partial charge in [0.1, 0.15) is 0 Å². The van der Waals surface area contributed by atoms with Gasteiger partial charge in [-0.2, -0.15) is 4.98 Å². The lowest BCUT2D eigenvalue weighted by Gasteiger charge is -2.38. The molecule has 0 aromatic carbocycles. The van der Waals surface area contributed by atoms with Crippen LogP contribution in [0, 0.1) is 5.41 Å². The maximum atomic E-state index is 11.6. The third-order valence-electron chi connectivity index (χ3n) is 4.08. The van der Waals surface area contributed by atoms with E-state index in [1.54, 1.807) is 19.2 Å². The molecule has 116 valence electrons. The van der Waals surface area contributed by atoms with Crippen LogP contribution in [0.25, 0.3) is 0 Å². The number of aliphatic carboxylic acids is 1. The van der Waals surface area contributed by atoms with Crippen molar-refractivity contribution in [2.75, 3.05) is 11.9 Å². The maximum Gasteiger partial charge on any atom is 0.311 e. The third kappa shape index (κ3) is 3.62. The van der Waals surface area contributed by atoms with Crippen molar-refractivity contribution in [1.82, 2.24) is 9.97 Å². The van der Waals surface area contributed by atoms with Crippen molar-refractivity contribution in [2.45, 2.75) is 52.0 Å². The lowest BCUT2D eigenvalue weighted by atomic mass is 9.72. The summed E-state index contributed by atoms with van der Waals surface area (Å²) in [7, 11) is 0. The van der Waals surface area contributed by atoms with Crippen LogP contribution < -0.4 is 10.1 Å². The van der Waals surface area contributed by atoms with Gasteiger partial charge in [-0.05, 0) is 26.2 Å². The number of hydrogen-bond donors (Lipinski definition) is 2. The lowest BCUT2D eigenvalue weighted by molar-refractivity contribution is -0.150. The average Bonchev–Trinajstić information content (AvgIpc) is 2.48. The van der Waals surface area contributed by atoms with Crippen molar-refractivity contribution < 1.29 is 14.6 Å². The summed E-state index contributed by atoms with van der Waals surface area (Å²) in [5, 5.41) is 12.7. The Labute approximate surface area is 124 Å². The van der Waals surface area contributed by atoms with Crippen LogP contribution in [0.2, 0.25) is 0 Å². The average molecular weight is 293 g/mol. The summed E-state index contributed by atoms with van der Waals surface area (Å²) < 4.78 is 5.48. The third-order valence-corrected chi connectivity index (χ3v) is 4.08. The number of ether oxygens (including phenoxy) is 1. The summed E-state index contributed by atoms with van der Waals surface area (Å²) >= 11 is 0. The Hall–Kier alpha value is -1.85. The molecule has 2 rings (SSSR count). The zero-order valence-electron chi connectivity index (χ0n) is 12.6. The summed E-state index contributed by atoms with van der Waals surface area (Å²) in [6, 6.07) is 1.54. The Balaban J connectivity index is 2.10. The monoisotopic (exact) mass is 293 g/mol. The standard InChI is InChI=1S/C15H23N3O3/c1-3-10-21-12-7-9-16-14(18-12)17-11-6-4-5-8-15(11,2)13(19)20/h7,9,11H,3-6,8,10H2,1-2H3,(H,19,20)(H,16,17,18). The molecule has 1 saturated carbocycles. The van der Waals surface area contributed by atoms with Gasteiger partial charge in [-0.15, -0.1) is 0 Å².